The second kappa shape index (κ2) is 4.47. The molecule has 16 heavy (non-hydrogen) atoms. The number of hydrogen-bond acceptors (Lipinski definition) is 2. The Morgan fingerprint density at radius 2 is 2.19 bits per heavy atom. The van der Waals surface area contributed by atoms with Crippen molar-refractivity contribution in [2.45, 2.75) is 25.6 Å². The fraction of sp³-hybridized carbons (Fsp3) is 0.500. The van der Waals surface area contributed by atoms with E-state index in [1.54, 1.807) is 0 Å². The van der Waals surface area contributed by atoms with Gasteiger partial charge in [-0.2, -0.15) is 0 Å². The molecule has 0 saturated carbocycles. The highest BCUT2D eigenvalue weighted by molar-refractivity contribution is 5.22. The molecule has 0 bridgehead atoms. The van der Waals surface area contributed by atoms with Crippen LogP contribution in [0.25, 0.3) is 0 Å². The molecule has 1 aromatic rings. The van der Waals surface area contributed by atoms with Gasteiger partial charge in [-0.05, 0) is 30.5 Å². The molecule has 0 radical (unpaired) electrons. The Hall–Kier alpha value is -1.00. The molecule has 1 heterocycles. The molecule has 0 spiro atoms. The van der Waals surface area contributed by atoms with Crippen molar-refractivity contribution in [3.05, 3.63) is 35.4 Å². The Balaban J connectivity index is 2.25. The van der Waals surface area contributed by atoms with Gasteiger partial charge in [0.15, 0.2) is 0 Å². The van der Waals surface area contributed by atoms with E-state index in [4.69, 9.17) is 4.74 Å². The highest BCUT2D eigenvalue weighted by Gasteiger charge is 2.33. The highest BCUT2D eigenvalue weighted by Crippen LogP contribution is 2.32. The third kappa shape index (κ3) is 2.08. The first-order chi connectivity index (χ1) is 7.59. The number of ether oxygens (including phenoxy) is 1. The summed E-state index contributed by atoms with van der Waals surface area (Å²) in [5, 5.41) is 9.96. The van der Waals surface area contributed by atoms with Crippen LogP contribution in [0.5, 0.6) is 0 Å². The van der Waals surface area contributed by atoms with Crippen LogP contribution in [0.2, 0.25) is 0 Å². The van der Waals surface area contributed by atoms with Crippen molar-refractivity contribution in [1.82, 2.24) is 0 Å². The van der Waals surface area contributed by atoms with Gasteiger partial charge < -0.3 is 9.84 Å². The van der Waals surface area contributed by atoms with Gasteiger partial charge in [0.05, 0.1) is 6.10 Å². The molecule has 88 valence electrons. The minimum absolute atomic E-state index is 0.0289. The van der Waals surface area contributed by atoms with Crippen LogP contribution in [0.15, 0.2) is 18.2 Å². The number of aliphatic hydroxyl groups is 1. The zero-order chi connectivity index (χ0) is 11.7. The molecule has 0 amide bonds. The van der Waals surface area contributed by atoms with Gasteiger partial charge in [-0.1, -0.05) is 6.92 Å². The van der Waals surface area contributed by atoms with Crippen LogP contribution in [0.1, 0.15) is 25.0 Å². The third-order valence-corrected chi connectivity index (χ3v) is 3.03. The molecular formula is C12H14F2O2. The maximum atomic E-state index is 13.4. The minimum Gasteiger partial charge on any atom is -0.386 e. The van der Waals surface area contributed by atoms with Crippen molar-refractivity contribution in [2.24, 2.45) is 5.92 Å². The quantitative estimate of drug-likeness (QED) is 0.842. The predicted octanol–water partition coefficient (Wildman–Crippen LogP) is 2.42. The fourth-order valence-corrected chi connectivity index (χ4v) is 2.04. The molecule has 3 unspecified atom stereocenters. The molecule has 1 fully saturated rings. The van der Waals surface area contributed by atoms with Gasteiger partial charge in [-0.25, -0.2) is 8.78 Å². The van der Waals surface area contributed by atoms with Crippen molar-refractivity contribution in [2.75, 3.05) is 6.61 Å². The lowest BCUT2D eigenvalue weighted by Crippen LogP contribution is -2.24. The zero-order valence-electron chi connectivity index (χ0n) is 8.99. The molecule has 3 atom stereocenters. The van der Waals surface area contributed by atoms with E-state index >= 15 is 0 Å². The summed E-state index contributed by atoms with van der Waals surface area (Å²) >= 11 is 0. The van der Waals surface area contributed by atoms with Crippen molar-refractivity contribution in [1.29, 1.82) is 0 Å². The first kappa shape index (κ1) is 11.5. The van der Waals surface area contributed by atoms with Crippen LogP contribution in [0.3, 0.4) is 0 Å². The number of aliphatic hydroxyl groups excluding tert-OH is 1. The summed E-state index contributed by atoms with van der Waals surface area (Å²) in [5.74, 6) is -1.00. The Morgan fingerprint density at radius 3 is 2.81 bits per heavy atom. The minimum atomic E-state index is -1.10. The van der Waals surface area contributed by atoms with Gasteiger partial charge in [0.25, 0.3) is 0 Å². The van der Waals surface area contributed by atoms with Crippen LogP contribution in [0.4, 0.5) is 8.78 Å². The summed E-state index contributed by atoms with van der Waals surface area (Å²) in [4.78, 5) is 0. The third-order valence-electron chi connectivity index (χ3n) is 3.03. The van der Waals surface area contributed by atoms with Gasteiger partial charge in [0.1, 0.15) is 17.7 Å². The molecule has 1 N–H and O–H groups in total. The van der Waals surface area contributed by atoms with Gasteiger partial charge in [-0.3, -0.25) is 0 Å². The Kier molecular flexibility index (Phi) is 3.21. The van der Waals surface area contributed by atoms with E-state index < -0.39 is 23.8 Å². The lowest BCUT2D eigenvalue weighted by molar-refractivity contribution is -0.0195. The van der Waals surface area contributed by atoms with Crippen LogP contribution in [-0.4, -0.2) is 17.8 Å². The topological polar surface area (TPSA) is 29.5 Å². The Morgan fingerprint density at radius 1 is 1.44 bits per heavy atom. The van der Waals surface area contributed by atoms with E-state index in [0.717, 1.165) is 24.6 Å². The highest BCUT2D eigenvalue weighted by atomic mass is 19.1. The number of benzene rings is 1. The maximum Gasteiger partial charge on any atom is 0.129 e. The number of hydrogen-bond donors (Lipinski definition) is 1. The van der Waals surface area contributed by atoms with E-state index in [0.29, 0.717) is 6.61 Å². The van der Waals surface area contributed by atoms with Crippen molar-refractivity contribution in [3.63, 3.8) is 0 Å². The largest absolute Gasteiger partial charge is 0.386 e. The number of rotatable bonds is 2. The zero-order valence-corrected chi connectivity index (χ0v) is 8.99. The standard InChI is InChI=1S/C12H14F2O2/c1-7-4-5-16-12(7)11(15)9-6-8(13)2-3-10(9)14/h2-3,6-7,11-12,15H,4-5H2,1H3. The average molecular weight is 228 g/mol. The normalized spacial score (nSPS) is 27.0. The van der Waals surface area contributed by atoms with E-state index in [-0.39, 0.29) is 11.5 Å². The number of halogens is 2. The van der Waals surface area contributed by atoms with Crippen molar-refractivity contribution < 1.29 is 18.6 Å². The second-order valence-electron chi connectivity index (χ2n) is 4.21. The van der Waals surface area contributed by atoms with E-state index in [9.17, 15) is 13.9 Å². The van der Waals surface area contributed by atoms with E-state index in [1.165, 1.54) is 0 Å². The van der Waals surface area contributed by atoms with Crippen LogP contribution in [-0.2, 0) is 4.74 Å². The summed E-state index contributed by atoms with van der Waals surface area (Å²) in [7, 11) is 0. The van der Waals surface area contributed by atoms with E-state index in [1.807, 2.05) is 6.92 Å². The van der Waals surface area contributed by atoms with Crippen molar-refractivity contribution >= 4 is 0 Å². The molecule has 1 aromatic carbocycles. The first-order valence-corrected chi connectivity index (χ1v) is 5.34. The summed E-state index contributed by atoms with van der Waals surface area (Å²) in [5.41, 5.74) is -0.0289. The molecule has 4 heteroatoms. The van der Waals surface area contributed by atoms with Gasteiger partial charge in [0, 0.05) is 12.2 Å². The smallest absolute Gasteiger partial charge is 0.129 e. The van der Waals surface area contributed by atoms with Crippen molar-refractivity contribution in [3.8, 4) is 0 Å². The molecular weight excluding hydrogens is 214 g/mol. The Labute approximate surface area is 92.9 Å². The van der Waals surface area contributed by atoms with Crippen LogP contribution < -0.4 is 0 Å². The van der Waals surface area contributed by atoms with Gasteiger partial charge >= 0.3 is 0 Å². The summed E-state index contributed by atoms with van der Waals surface area (Å²) in [6.07, 6.45) is -0.719. The summed E-state index contributed by atoms with van der Waals surface area (Å²) < 4.78 is 31.7. The SMILES string of the molecule is CC1CCOC1C(O)c1cc(F)ccc1F. The average Bonchev–Trinajstić information content (AvgIpc) is 2.67. The molecule has 0 aliphatic carbocycles. The molecule has 2 rings (SSSR count). The van der Waals surface area contributed by atoms with Crippen LogP contribution >= 0.6 is 0 Å². The summed E-state index contributed by atoms with van der Waals surface area (Å²) in [6, 6.07) is 3.08. The predicted molar refractivity (Wildman–Crippen MR) is 54.8 cm³/mol. The maximum absolute atomic E-state index is 13.4. The lowest BCUT2D eigenvalue weighted by atomic mass is 9.94. The monoisotopic (exact) mass is 228 g/mol. The molecule has 0 aromatic heterocycles. The van der Waals surface area contributed by atoms with Crippen LogP contribution in [0, 0.1) is 17.6 Å². The fourth-order valence-electron chi connectivity index (χ4n) is 2.04. The lowest BCUT2D eigenvalue weighted by Gasteiger charge is -2.22. The van der Waals surface area contributed by atoms with E-state index in [2.05, 4.69) is 0 Å². The first-order valence-electron chi connectivity index (χ1n) is 5.34. The molecule has 1 aliphatic heterocycles. The Bertz CT molecular complexity index is 381. The molecule has 2 nitrogen and oxygen atoms in total. The van der Waals surface area contributed by atoms with Gasteiger partial charge in [0.2, 0.25) is 0 Å². The molecule has 1 saturated heterocycles. The van der Waals surface area contributed by atoms with Gasteiger partial charge in [-0.15, -0.1) is 0 Å². The molecule has 1 aliphatic rings. The second-order valence-corrected chi connectivity index (χ2v) is 4.21. The summed E-state index contributed by atoms with van der Waals surface area (Å²) in [6.45, 7) is 2.48.